The number of hydrogen-bond donors (Lipinski definition) is 1. The third-order valence-electron chi connectivity index (χ3n) is 6.21. The molecule has 0 atom stereocenters. The molecule has 0 radical (unpaired) electrons. The van der Waals surface area contributed by atoms with E-state index in [4.69, 9.17) is 4.52 Å². The van der Waals surface area contributed by atoms with E-state index in [2.05, 4.69) is 15.5 Å². The summed E-state index contributed by atoms with van der Waals surface area (Å²) in [5.41, 5.74) is 0.717. The van der Waals surface area contributed by atoms with Crippen LogP contribution in [0.15, 0.2) is 22.9 Å². The summed E-state index contributed by atoms with van der Waals surface area (Å²) in [5.74, 6) is 3.18. The fourth-order valence-corrected chi connectivity index (χ4v) is 5.90. The lowest BCUT2D eigenvalue weighted by molar-refractivity contribution is -0.124. The van der Waals surface area contributed by atoms with Crippen LogP contribution in [0.3, 0.4) is 0 Å². The van der Waals surface area contributed by atoms with Gasteiger partial charge in [-0.1, -0.05) is 5.16 Å². The molecular weight excluding hydrogens is 290 g/mol. The Morgan fingerprint density at radius 2 is 1.91 bits per heavy atom. The standard InChI is InChI=1S/C18H21N3O2/c22-15(20-16-14-2-1-3-19-17(14)23-21-16)10-18-7-11-4-12(8-18)6-13(5-11)9-18/h1-3,11-13H,4-10H2,(H,20,21,22). The van der Waals surface area contributed by atoms with Crippen molar-refractivity contribution in [1.29, 1.82) is 0 Å². The first-order chi connectivity index (χ1) is 11.2. The first-order valence-corrected chi connectivity index (χ1v) is 8.69. The first kappa shape index (κ1) is 13.5. The van der Waals surface area contributed by atoms with Gasteiger partial charge in [0.05, 0.1) is 5.39 Å². The fourth-order valence-electron chi connectivity index (χ4n) is 5.90. The highest BCUT2D eigenvalue weighted by atomic mass is 16.5. The SMILES string of the molecule is O=C(CC12CC3CC(CC(C3)C1)C2)Nc1noc2ncccc12. The second kappa shape index (κ2) is 4.79. The van der Waals surface area contributed by atoms with Gasteiger partial charge in [0.25, 0.3) is 5.71 Å². The van der Waals surface area contributed by atoms with E-state index >= 15 is 0 Å². The van der Waals surface area contributed by atoms with E-state index in [1.54, 1.807) is 6.20 Å². The zero-order chi connectivity index (χ0) is 15.4. The molecule has 2 heterocycles. The van der Waals surface area contributed by atoms with E-state index in [-0.39, 0.29) is 11.3 Å². The topological polar surface area (TPSA) is 68.0 Å². The van der Waals surface area contributed by atoms with Gasteiger partial charge in [0.2, 0.25) is 5.91 Å². The number of rotatable bonds is 3. The van der Waals surface area contributed by atoms with Gasteiger partial charge in [0.15, 0.2) is 5.82 Å². The highest BCUT2D eigenvalue weighted by molar-refractivity contribution is 5.98. The van der Waals surface area contributed by atoms with Crippen LogP contribution in [0.4, 0.5) is 5.82 Å². The molecule has 120 valence electrons. The van der Waals surface area contributed by atoms with Crippen LogP contribution in [-0.2, 0) is 4.79 Å². The molecular formula is C18H21N3O2. The van der Waals surface area contributed by atoms with Crippen LogP contribution in [0.1, 0.15) is 44.9 Å². The smallest absolute Gasteiger partial charge is 0.259 e. The van der Waals surface area contributed by atoms with Crippen molar-refractivity contribution in [2.45, 2.75) is 44.9 Å². The number of carbonyl (C=O) groups excluding carboxylic acids is 1. The van der Waals surface area contributed by atoms with Gasteiger partial charge in [-0.3, -0.25) is 4.79 Å². The molecule has 4 bridgehead atoms. The monoisotopic (exact) mass is 311 g/mol. The zero-order valence-electron chi connectivity index (χ0n) is 13.1. The number of fused-ring (bicyclic) bond motifs is 1. The molecule has 4 saturated carbocycles. The Hall–Kier alpha value is -1.91. The number of amides is 1. The number of pyridine rings is 1. The van der Waals surface area contributed by atoms with Crippen LogP contribution < -0.4 is 5.32 Å². The summed E-state index contributed by atoms with van der Waals surface area (Å²) in [6.07, 6.45) is 10.2. The number of carbonyl (C=O) groups is 1. The van der Waals surface area contributed by atoms with E-state index < -0.39 is 0 Å². The third-order valence-corrected chi connectivity index (χ3v) is 6.21. The summed E-state index contributed by atoms with van der Waals surface area (Å²) >= 11 is 0. The van der Waals surface area contributed by atoms with Crippen molar-refractivity contribution in [3.63, 3.8) is 0 Å². The van der Waals surface area contributed by atoms with Gasteiger partial charge in [-0.25, -0.2) is 4.98 Å². The van der Waals surface area contributed by atoms with Gasteiger partial charge < -0.3 is 9.84 Å². The van der Waals surface area contributed by atoms with Crippen LogP contribution in [0, 0.1) is 23.2 Å². The van der Waals surface area contributed by atoms with Crippen molar-refractivity contribution in [2.75, 3.05) is 5.32 Å². The average Bonchev–Trinajstić information content (AvgIpc) is 2.88. The molecule has 0 aromatic carbocycles. The lowest BCUT2D eigenvalue weighted by Crippen LogP contribution is -2.47. The second-order valence-corrected chi connectivity index (χ2v) is 8.03. The Balaban J connectivity index is 1.34. The first-order valence-electron chi connectivity index (χ1n) is 8.69. The van der Waals surface area contributed by atoms with Crippen molar-refractivity contribution in [2.24, 2.45) is 23.2 Å². The van der Waals surface area contributed by atoms with Gasteiger partial charge >= 0.3 is 0 Å². The quantitative estimate of drug-likeness (QED) is 0.937. The maximum Gasteiger partial charge on any atom is 0.259 e. The molecule has 4 aliphatic carbocycles. The fraction of sp³-hybridized carbons (Fsp3) is 0.611. The molecule has 0 saturated heterocycles. The summed E-state index contributed by atoms with van der Waals surface area (Å²) in [6.45, 7) is 0. The average molecular weight is 311 g/mol. The number of nitrogens with zero attached hydrogens (tertiary/aromatic N) is 2. The van der Waals surface area contributed by atoms with Crippen molar-refractivity contribution in [3.05, 3.63) is 18.3 Å². The maximum absolute atomic E-state index is 12.6. The lowest BCUT2D eigenvalue weighted by Gasteiger charge is -2.56. The Labute approximate surface area is 134 Å². The molecule has 0 unspecified atom stereocenters. The lowest BCUT2D eigenvalue weighted by atomic mass is 9.49. The Morgan fingerprint density at radius 1 is 1.22 bits per heavy atom. The summed E-state index contributed by atoms with van der Waals surface area (Å²) in [6, 6.07) is 3.70. The van der Waals surface area contributed by atoms with Gasteiger partial charge in [-0.15, -0.1) is 0 Å². The maximum atomic E-state index is 12.6. The van der Waals surface area contributed by atoms with Crippen LogP contribution in [0.5, 0.6) is 0 Å². The highest BCUT2D eigenvalue weighted by Gasteiger charge is 2.51. The van der Waals surface area contributed by atoms with E-state index in [1.807, 2.05) is 12.1 Å². The molecule has 0 aliphatic heterocycles. The zero-order valence-corrected chi connectivity index (χ0v) is 13.1. The molecule has 5 heteroatoms. The summed E-state index contributed by atoms with van der Waals surface area (Å²) in [5, 5.41) is 7.69. The second-order valence-electron chi connectivity index (χ2n) is 8.03. The predicted molar refractivity (Wildman–Crippen MR) is 85.7 cm³/mol. The van der Waals surface area contributed by atoms with E-state index in [0.29, 0.717) is 18.0 Å². The molecule has 5 nitrogen and oxygen atoms in total. The number of aromatic nitrogens is 2. The summed E-state index contributed by atoms with van der Waals surface area (Å²) in [7, 11) is 0. The third kappa shape index (κ3) is 2.25. The normalized spacial score (nSPS) is 34.9. The Morgan fingerprint density at radius 3 is 2.61 bits per heavy atom. The number of anilines is 1. The molecule has 6 rings (SSSR count). The highest BCUT2D eigenvalue weighted by Crippen LogP contribution is 2.61. The summed E-state index contributed by atoms with van der Waals surface area (Å²) < 4.78 is 5.17. The summed E-state index contributed by atoms with van der Waals surface area (Å²) in [4.78, 5) is 16.7. The molecule has 4 aliphatic rings. The molecule has 2 aromatic heterocycles. The van der Waals surface area contributed by atoms with Crippen molar-refractivity contribution >= 4 is 22.8 Å². The van der Waals surface area contributed by atoms with Crippen molar-refractivity contribution < 1.29 is 9.32 Å². The van der Waals surface area contributed by atoms with Gasteiger partial charge in [-0.05, 0) is 73.8 Å². The minimum atomic E-state index is 0.0750. The van der Waals surface area contributed by atoms with Gasteiger partial charge in [0.1, 0.15) is 0 Å². The van der Waals surface area contributed by atoms with Crippen LogP contribution in [0.2, 0.25) is 0 Å². The number of hydrogen-bond acceptors (Lipinski definition) is 4. The molecule has 0 spiro atoms. The van der Waals surface area contributed by atoms with Crippen molar-refractivity contribution in [1.82, 2.24) is 10.1 Å². The predicted octanol–water partition coefficient (Wildman–Crippen LogP) is 3.77. The molecule has 1 N–H and O–H groups in total. The van der Waals surface area contributed by atoms with E-state index in [0.717, 1.165) is 23.1 Å². The van der Waals surface area contributed by atoms with Gasteiger partial charge in [0, 0.05) is 12.6 Å². The van der Waals surface area contributed by atoms with Crippen molar-refractivity contribution in [3.8, 4) is 0 Å². The van der Waals surface area contributed by atoms with E-state index in [1.165, 1.54) is 38.5 Å². The largest absolute Gasteiger partial charge is 0.334 e. The Kier molecular flexibility index (Phi) is 2.82. The van der Waals surface area contributed by atoms with Crippen LogP contribution >= 0.6 is 0 Å². The minimum Gasteiger partial charge on any atom is -0.334 e. The van der Waals surface area contributed by atoms with Crippen LogP contribution in [-0.4, -0.2) is 16.0 Å². The molecule has 1 amide bonds. The van der Waals surface area contributed by atoms with Crippen LogP contribution in [0.25, 0.3) is 11.1 Å². The van der Waals surface area contributed by atoms with E-state index in [9.17, 15) is 4.79 Å². The minimum absolute atomic E-state index is 0.0750. The molecule has 4 fully saturated rings. The molecule has 2 aromatic rings. The van der Waals surface area contributed by atoms with Gasteiger partial charge in [-0.2, -0.15) is 0 Å². The Bertz CT molecular complexity index is 731. The molecule has 23 heavy (non-hydrogen) atoms. The number of nitrogens with one attached hydrogen (secondary N) is 1.